The molecule has 0 aliphatic rings. The first kappa shape index (κ1) is 14.1. The maximum Gasteiger partial charge on any atom is 1.00 e. The van der Waals surface area contributed by atoms with Crippen LogP contribution in [0, 0.1) is 5.41 Å². The van der Waals surface area contributed by atoms with Crippen molar-refractivity contribution in [1.29, 1.82) is 5.41 Å². The first-order chi connectivity index (χ1) is 4.80. The normalized spacial score (nSPS) is 7.09. The molecule has 0 saturated heterocycles. The van der Waals surface area contributed by atoms with Crippen LogP contribution >= 0.6 is 11.3 Å². The Hall–Kier alpha value is 0.590. The van der Waals surface area contributed by atoms with Gasteiger partial charge in [-0.05, 0) is 11.4 Å². The summed E-state index contributed by atoms with van der Waals surface area (Å²) in [6.45, 7) is 4.00. The van der Waals surface area contributed by atoms with E-state index in [4.69, 9.17) is 5.41 Å². The van der Waals surface area contributed by atoms with Crippen molar-refractivity contribution in [2.45, 2.75) is 13.8 Å². The van der Waals surface area contributed by atoms with Crippen molar-refractivity contribution < 1.29 is 29.6 Å². The van der Waals surface area contributed by atoms with E-state index in [1.807, 2.05) is 31.4 Å². The van der Waals surface area contributed by atoms with E-state index in [0.29, 0.717) is 0 Å². The fourth-order valence-electron chi connectivity index (χ4n) is 0.408. The molecule has 0 spiro atoms. The molecule has 56 valence electrons. The van der Waals surface area contributed by atoms with Gasteiger partial charge in [0, 0.05) is 4.88 Å². The van der Waals surface area contributed by atoms with Crippen LogP contribution in [0.3, 0.4) is 0 Å². The summed E-state index contributed by atoms with van der Waals surface area (Å²) in [4.78, 5) is 0.875. The first-order valence-electron chi connectivity index (χ1n) is 3.10. The average Bonchev–Trinajstić information content (AvgIpc) is 2.42. The van der Waals surface area contributed by atoms with Gasteiger partial charge >= 0.3 is 29.6 Å². The molecule has 1 N–H and O–H groups in total. The molecule has 0 aromatic carbocycles. The van der Waals surface area contributed by atoms with Gasteiger partial charge in [-0.3, -0.25) is 0 Å². The molecule has 0 saturated carbocycles. The second-order valence-electron chi connectivity index (χ2n) is 1.31. The van der Waals surface area contributed by atoms with Crippen LogP contribution in [0.2, 0.25) is 0 Å². The van der Waals surface area contributed by atoms with Gasteiger partial charge in [-0.15, -0.1) is 11.3 Å². The molecule has 4 heteroatoms. The van der Waals surface area contributed by atoms with Crippen LogP contribution in [0.4, 0.5) is 0 Å². The van der Waals surface area contributed by atoms with Crippen molar-refractivity contribution in [3.63, 3.8) is 0 Å². The van der Waals surface area contributed by atoms with E-state index in [2.05, 4.69) is 12.6 Å². The molecule has 0 amide bonds. The van der Waals surface area contributed by atoms with Crippen LogP contribution in [0.1, 0.15) is 18.7 Å². The fraction of sp³-hybridized carbons (Fsp3) is 0.286. The second-order valence-corrected chi connectivity index (χ2v) is 2.66. The Labute approximate surface area is 99.4 Å². The average molecular weight is 195 g/mol. The van der Waals surface area contributed by atoms with Gasteiger partial charge in [-0.2, -0.15) is 0 Å². The Kier molecular flexibility index (Phi) is 11.2. The minimum atomic E-state index is 0. The SMILES string of the molecule is CC.N=C([S-])c1cccs1.[Na+]. The molecule has 1 rings (SSSR count). The van der Waals surface area contributed by atoms with Crippen molar-refractivity contribution >= 4 is 29.0 Å². The van der Waals surface area contributed by atoms with Crippen LogP contribution in [0.25, 0.3) is 0 Å². The monoisotopic (exact) mass is 195 g/mol. The van der Waals surface area contributed by atoms with Crippen LogP contribution < -0.4 is 29.6 Å². The molecule has 0 fully saturated rings. The van der Waals surface area contributed by atoms with Crippen molar-refractivity contribution in [2.24, 2.45) is 0 Å². The summed E-state index contributed by atoms with van der Waals surface area (Å²) in [5.41, 5.74) is 0. The molecule has 0 bridgehead atoms. The summed E-state index contributed by atoms with van der Waals surface area (Å²) in [6, 6.07) is 3.74. The van der Waals surface area contributed by atoms with Crippen molar-refractivity contribution in [1.82, 2.24) is 0 Å². The molecule has 1 nitrogen and oxygen atoms in total. The number of thiophene rings is 1. The summed E-state index contributed by atoms with van der Waals surface area (Å²) in [6.07, 6.45) is 0. The Balaban J connectivity index is 0. The topological polar surface area (TPSA) is 23.9 Å². The smallest absolute Gasteiger partial charge is 0.760 e. The molecular formula is C7H10NNaS2. The van der Waals surface area contributed by atoms with Gasteiger partial charge in [0.2, 0.25) is 0 Å². The standard InChI is InChI=1S/C5H5NS2.C2H6.Na/c6-5(7)4-2-1-3-8-4;1-2;/h1-3H,(H2,6,7);1-2H3;/q;;+1/p-1. The number of hydrogen-bond acceptors (Lipinski definition) is 3. The molecule has 1 aromatic heterocycles. The fourth-order valence-corrected chi connectivity index (χ4v) is 1.19. The Morgan fingerprint density at radius 2 is 2.09 bits per heavy atom. The van der Waals surface area contributed by atoms with E-state index in [0.717, 1.165) is 4.88 Å². The van der Waals surface area contributed by atoms with Gasteiger partial charge in [0.05, 0.1) is 0 Å². The molecule has 11 heavy (non-hydrogen) atoms. The predicted molar refractivity (Wildman–Crippen MR) is 49.9 cm³/mol. The molecule has 0 aliphatic carbocycles. The molecule has 0 unspecified atom stereocenters. The summed E-state index contributed by atoms with van der Waals surface area (Å²) < 4.78 is 0. The third-order valence-electron chi connectivity index (χ3n) is 0.745. The minimum absolute atomic E-state index is 0. The zero-order valence-corrected chi connectivity index (χ0v) is 10.7. The quantitative estimate of drug-likeness (QED) is 0.282. The minimum Gasteiger partial charge on any atom is -0.760 e. The Morgan fingerprint density at radius 1 is 1.55 bits per heavy atom. The largest absolute Gasteiger partial charge is 1.00 e. The van der Waals surface area contributed by atoms with Crippen LogP contribution in [0.15, 0.2) is 17.5 Å². The maximum atomic E-state index is 6.98. The van der Waals surface area contributed by atoms with Gasteiger partial charge in [-0.1, -0.05) is 25.0 Å². The molecule has 1 heterocycles. The maximum absolute atomic E-state index is 6.98. The van der Waals surface area contributed by atoms with E-state index >= 15 is 0 Å². The first-order valence-corrected chi connectivity index (χ1v) is 4.39. The Morgan fingerprint density at radius 3 is 2.27 bits per heavy atom. The predicted octanol–water partition coefficient (Wildman–Crippen LogP) is -0.349. The van der Waals surface area contributed by atoms with Crippen LogP contribution in [0.5, 0.6) is 0 Å². The molecule has 0 aliphatic heterocycles. The number of hydrogen-bond donors (Lipinski definition) is 1. The van der Waals surface area contributed by atoms with Crippen LogP contribution in [-0.4, -0.2) is 5.04 Å². The molecule has 0 radical (unpaired) electrons. The third-order valence-corrected chi connectivity index (χ3v) is 1.98. The van der Waals surface area contributed by atoms with Gasteiger partial charge in [0.15, 0.2) is 0 Å². The molecule has 1 aromatic rings. The van der Waals surface area contributed by atoms with E-state index in [1.165, 1.54) is 11.3 Å². The van der Waals surface area contributed by atoms with E-state index in [-0.39, 0.29) is 34.6 Å². The van der Waals surface area contributed by atoms with Crippen molar-refractivity contribution in [2.75, 3.05) is 0 Å². The van der Waals surface area contributed by atoms with E-state index in [1.54, 1.807) is 0 Å². The zero-order valence-electron chi connectivity index (χ0n) is 7.05. The van der Waals surface area contributed by atoms with E-state index < -0.39 is 0 Å². The van der Waals surface area contributed by atoms with Gasteiger partial charge in [0.25, 0.3) is 0 Å². The van der Waals surface area contributed by atoms with Crippen LogP contribution in [-0.2, 0) is 12.6 Å². The molecule has 0 atom stereocenters. The van der Waals surface area contributed by atoms with Crippen molar-refractivity contribution in [3.8, 4) is 0 Å². The summed E-state index contributed by atoms with van der Waals surface area (Å²) in [5.74, 6) is 0. The van der Waals surface area contributed by atoms with Crippen molar-refractivity contribution in [3.05, 3.63) is 22.4 Å². The second kappa shape index (κ2) is 8.68. The zero-order chi connectivity index (χ0) is 7.98. The third kappa shape index (κ3) is 5.82. The van der Waals surface area contributed by atoms with Gasteiger partial charge in [-0.25, -0.2) is 0 Å². The Bertz CT molecular complexity index is 184. The summed E-state index contributed by atoms with van der Waals surface area (Å²) >= 11 is 6.10. The van der Waals surface area contributed by atoms with Gasteiger partial charge < -0.3 is 18.0 Å². The summed E-state index contributed by atoms with van der Waals surface area (Å²) in [5, 5.41) is 9.13. The number of nitrogens with one attached hydrogen (secondary N) is 1. The van der Waals surface area contributed by atoms with E-state index in [9.17, 15) is 0 Å². The number of rotatable bonds is 1. The molecular weight excluding hydrogens is 185 g/mol. The summed E-state index contributed by atoms with van der Waals surface area (Å²) in [7, 11) is 0. The van der Waals surface area contributed by atoms with Gasteiger partial charge in [0.1, 0.15) is 0 Å².